The van der Waals surface area contributed by atoms with Gasteiger partial charge in [-0.3, -0.25) is 4.79 Å². The second kappa shape index (κ2) is 9.93. The Morgan fingerprint density at radius 3 is 2.49 bits per heavy atom. The van der Waals surface area contributed by atoms with Crippen molar-refractivity contribution in [3.8, 4) is 28.6 Å². The van der Waals surface area contributed by atoms with E-state index >= 15 is 0 Å². The minimum absolute atomic E-state index is 0.0688. The molecule has 0 radical (unpaired) electrons. The number of benzene rings is 2. The molecule has 0 aliphatic heterocycles. The lowest BCUT2D eigenvalue weighted by molar-refractivity contribution is 0.102. The average Bonchev–Trinajstić information content (AvgIpc) is 2.85. The Balaban J connectivity index is 1.63. The number of aromatic nitrogens is 3. The lowest BCUT2D eigenvalue weighted by atomic mass is 9.87. The van der Waals surface area contributed by atoms with Crippen LogP contribution in [0.5, 0.6) is 17.4 Å². The Bertz CT molecular complexity index is 1350. The maximum atomic E-state index is 13.2. The normalized spacial score (nSPS) is 11.1. The van der Waals surface area contributed by atoms with Crippen molar-refractivity contribution >= 4 is 11.6 Å². The fraction of sp³-hybridized carbons (Fsp3) is 0.214. The molecule has 2 heterocycles. The van der Waals surface area contributed by atoms with Gasteiger partial charge in [0.2, 0.25) is 5.88 Å². The van der Waals surface area contributed by atoms with Crippen LogP contribution in [0.3, 0.4) is 0 Å². The quantitative estimate of drug-likeness (QED) is 0.363. The smallest absolute Gasteiger partial charge is 0.255 e. The molecule has 0 fully saturated rings. The van der Waals surface area contributed by atoms with E-state index in [0.29, 0.717) is 34.3 Å². The number of pyridine rings is 1. The van der Waals surface area contributed by atoms with Gasteiger partial charge in [0, 0.05) is 18.0 Å². The van der Waals surface area contributed by atoms with Crippen molar-refractivity contribution in [3.63, 3.8) is 0 Å². The van der Waals surface area contributed by atoms with Crippen molar-refractivity contribution in [3.05, 3.63) is 90.0 Å². The molecule has 0 bridgehead atoms. The van der Waals surface area contributed by atoms with Gasteiger partial charge in [-0.2, -0.15) is 0 Å². The molecule has 7 nitrogen and oxygen atoms in total. The van der Waals surface area contributed by atoms with Gasteiger partial charge in [-0.05, 0) is 65.9 Å². The van der Waals surface area contributed by atoms with Gasteiger partial charge in [-0.15, -0.1) is 0 Å². The van der Waals surface area contributed by atoms with Crippen molar-refractivity contribution in [2.75, 3.05) is 12.4 Å². The minimum atomic E-state index is -0.267. The van der Waals surface area contributed by atoms with Crippen LogP contribution in [0.15, 0.2) is 73.3 Å². The van der Waals surface area contributed by atoms with Crippen LogP contribution in [0.4, 0.5) is 5.69 Å². The Morgan fingerprint density at radius 2 is 1.77 bits per heavy atom. The van der Waals surface area contributed by atoms with E-state index in [4.69, 9.17) is 9.47 Å². The molecule has 4 rings (SSSR count). The van der Waals surface area contributed by atoms with E-state index in [2.05, 4.69) is 41.0 Å². The standard InChI is InChI=1S/C28H28N4O3/c1-18-8-9-19(26(33)32-23-16-20(28(2,3)4)10-11-24(23)34-5)15-25(18)35-27-21(7-6-13-30-27)22-12-14-29-17-31-22/h6-17H,1-5H3,(H,32,33). The summed E-state index contributed by atoms with van der Waals surface area (Å²) in [4.78, 5) is 25.9. The van der Waals surface area contributed by atoms with Crippen LogP contribution in [-0.4, -0.2) is 28.0 Å². The van der Waals surface area contributed by atoms with Gasteiger partial charge in [-0.1, -0.05) is 32.9 Å². The molecule has 2 aromatic carbocycles. The van der Waals surface area contributed by atoms with Crippen molar-refractivity contribution < 1.29 is 14.3 Å². The lowest BCUT2D eigenvalue weighted by Crippen LogP contribution is -2.15. The van der Waals surface area contributed by atoms with E-state index in [0.717, 1.165) is 16.7 Å². The summed E-state index contributed by atoms with van der Waals surface area (Å²) < 4.78 is 11.6. The number of nitrogens with one attached hydrogen (secondary N) is 1. The molecule has 7 heteroatoms. The van der Waals surface area contributed by atoms with Crippen LogP contribution in [0, 0.1) is 6.92 Å². The van der Waals surface area contributed by atoms with Crippen LogP contribution in [0.25, 0.3) is 11.3 Å². The topological polar surface area (TPSA) is 86.2 Å². The molecule has 0 spiro atoms. The number of hydrogen-bond acceptors (Lipinski definition) is 6. The summed E-state index contributed by atoms with van der Waals surface area (Å²) >= 11 is 0. The predicted octanol–water partition coefficient (Wildman–Crippen LogP) is 6.20. The van der Waals surface area contributed by atoms with Gasteiger partial charge in [0.05, 0.1) is 24.1 Å². The minimum Gasteiger partial charge on any atom is -0.495 e. The molecule has 0 aliphatic rings. The highest BCUT2D eigenvalue weighted by Crippen LogP contribution is 2.34. The van der Waals surface area contributed by atoms with Crippen LogP contribution in [-0.2, 0) is 5.41 Å². The van der Waals surface area contributed by atoms with E-state index in [1.807, 2.05) is 43.3 Å². The second-order valence-corrected chi connectivity index (χ2v) is 9.15. The monoisotopic (exact) mass is 468 g/mol. The molecule has 0 atom stereocenters. The van der Waals surface area contributed by atoms with E-state index in [1.165, 1.54) is 6.33 Å². The van der Waals surface area contributed by atoms with Crippen LogP contribution in [0.2, 0.25) is 0 Å². The molecule has 2 aromatic heterocycles. The number of amides is 1. The summed E-state index contributed by atoms with van der Waals surface area (Å²) in [5.74, 6) is 1.25. The molecule has 178 valence electrons. The average molecular weight is 469 g/mol. The molecule has 0 unspecified atom stereocenters. The zero-order valence-electron chi connectivity index (χ0n) is 20.5. The summed E-state index contributed by atoms with van der Waals surface area (Å²) in [6.07, 6.45) is 4.80. The number of carbonyl (C=O) groups is 1. The number of hydrogen-bond donors (Lipinski definition) is 1. The van der Waals surface area contributed by atoms with Crippen LogP contribution < -0.4 is 14.8 Å². The number of ether oxygens (including phenoxy) is 2. The van der Waals surface area contributed by atoms with E-state index in [-0.39, 0.29) is 11.3 Å². The molecule has 0 saturated carbocycles. The molecular weight excluding hydrogens is 440 g/mol. The Morgan fingerprint density at radius 1 is 0.943 bits per heavy atom. The van der Waals surface area contributed by atoms with Gasteiger partial charge >= 0.3 is 0 Å². The van der Waals surface area contributed by atoms with Crippen LogP contribution >= 0.6 is 0 Å². The number of rotatable bonds is 6. The summed E-state index contributed by atoms with van der Waals surface area (Å²) in [5.41, 5.74) is 4.38. The summed E-state index contributed by atoms with van der Waals surface area (Å²) in [6.45, 7) is 8.28. The Labute approximate surface area is 205 Å². The third kappa shape index (κ3) is 5.46. The van der Waals surface area contributed by atoms with Crippen molar-refractivity contribution in [1.29, 1.82) is 0 Å². The highest BCUT2D eigenvalue weighted by Gasteiger charge is 2.18. The second-order valence-electron chi connectivity index (χ2n) is 9.15. The largest absolute Gasteiger partial charge is 0.495 e. The van der Waals surface area contributed by atoms with Gasteiger partial charge in [0.15, 0.2) is 0 Å². The Kier molecular flexibility index (Phi) is 6.78. The highest BCUT2D eigenvalue weighted by molar-refractivity contribution is 6.05. The fourth-order valence-electron chi connectivity index (χ4n) is 3.54. The molecular formula is C28H28N4O3. The molecule has 4 aromatic rings. The number of anilines is 1. The van der Waals surface area contributed by atoms with Crippen molar-refractivity contribution in [2.45, 2.75) is 33.1 Å². The van der Waals surface area contributed by atoms with E-state index in [9.17, 15) is 4.79 Å². The highest BCUT2D eigenvalue weighted by atomic mass is 16.5. The maximum absolute atomic E-state index is 13.2. The number of carbonyl (C=O) groups excluding carboxylic acids is 1. The van der Waals surface area contributed by atoms with Crippen molar-refractivity contribution in [2.24, 2.45) is 0 Å². The number of nitrogens with zero attached hydrogens (tertiary/aromatic N) is 3. The van der Waals surface area contributed by atoms with Crippen molar-refractivity contribution in [1.82, 2.24) is 15.0 Å². The first kappa shape index (κ1) is 23.9. The number of aryl methyl sites for hydroxylation is 1. The third-order valence-electron chi connectivity index (χ3n) is 5.60. The van der Waals surface area contributed by atoms with E-state index < -0.39 is 0 Å². The molecule has 0 saturated heterocycles. The first-order valence-corrected chi connectivity index (χ1v) is 11.3. The first-order valence-electron chi connectivity index (χ1n) is 11.3. The SMILES string of the molecule is COc1ccc(C(C)(C)C)cc1NC(=O)c1ccc(C)c(Oc2ncccc2-c2ccncn2)c1. The van der Waals surface area contributed by atoms with Gasteiger partial charge in [0.1, 0.15) is 17.8 Å². The van der Waals surface area contributed by atoms with Gasteiger partial charge < -0.3 is 14.8 Å². The molecule has 0 aliphatic carbocycles. The molecule has 1 N–H and O–H groups in total. The summed E-state index contributed by atoms with van der Waals surface area (Å²) in [5, 5.41) is 2.99. The first-order chi connectivity index (χ1) is 16.8. The zero-order chi connectivity index (χ0) is 25.0. The number of methoxy groups -OCH3 is 1. The van der Waals surface area contributed by atoms with Gasteiger partial charge in [-0.25, -0.2) is 15.0 Å². The Hall–Kier alpha value is -4.26. The summed E-state index contributed by atoms with van der Waals surface area (Å²) in [6, 6.07) is 16.6. The van der Waals surface area contributed by atoms with E-state index in [1.54, 1.807) is 37.7 Å². The lowest BCUT2D eigenvalue weighted by Gasteiger charge is -2.21. The van der Waals surface area contributed by atoms with Gasteiger partial charge in [0.25, 0.3) is 5.91 Å². The molecule has 1 amide bonds. The third-order valence-corrected chi connectivity index (χ3v) is 5.60. The summed E-state index contributed by atoms with van der Waals surface area (Å²) in [7, 11) is 1.58. The van der Waals surface area contributed by atoms with Crippen LogP contribution in [0.1, 0.15) is 42.3 Å². The zero-order valence-corrected chi connectivity index (χ0v) is 20.5. The maximum Gasteiger partial charge on any atom is 0.255 e. The molecule has 35 heavy (non-hydrogen) atoms. The fourth-order valence-corrected chi connectivity index (χ4v) is 3.54. The predicted molar refractivity (Wildman–Crippen MR) is 136 cm³/mol.